The van der Waals surface area contributed by atoms with Gasteiger partial charge in [0, 0.05) is 41.3 Å². The van der Waals surface area contributed by atoms with Crippen molar-refractivity contribution in [3.05, 3.63) is 0 Å². The summed E-state index contributed by atoms with van der Waals surface area (Å²) in [5.74, 6) is 7.49. The number of methoxy groups -OCH3 is 1. The van der Waals surface area contributed by atoms with Crippen LogP contribution in [-0.4, -0.2) is 41.3 Å². The van der Waals surface area contributed by atoms with Gasteiger partial charge in [0.15, 0.2) is 0 Å². The number of hydrazine groups is 1. The van der Waals surface area contributed by atoms with Gasteiger partial charge in [-0.25, -0.2) is 0 Å². The fraction of sp³-hybridized carbons (Fsp3) is 1.00. The first kappa shape index (κ1) is 15.6. The number of rotatable bonds is 6. The minimum absolute atomic E-state index is 0.387. The Bertz CT molecular complexity index is 219. The van der Waals surface area contributed by atoms with E-state index in [1.165, 1.54) is 5.75 Å². The Hall–Kier alpha value is 0.580. The monoisotopic (exact) mass is 278 g/mol. The van der Waals surface area contributed by atoms with Crippen LogP contribution in [0.1, 0.15) is 27.2 Å². The predicted molar refractivity (Wildman–Crippen MR) is 79.5 cm³/mol. The van der Waals surface area contributed by atoms with E-state index in [-0.39, 0.29) is 0 Å². The average Bonchev–Trinajstić information content (AvgIpc) is 2.32. The molecule has 102 valence electrons. The Morgan fingerprint density at radius 2 is 2.12 bits per heavy atom. The highest BCUT2D eigenvalue weighted by atomic mass is 32.2. The van der Waals surface area contributed by atoms with Crippen LogP contribution in [0.25, 0.3) is 0 Å². The molecule has 0 aromatic heterocycles. The van der Waals surface area contributed by atoms with Gasteiger partial charge in [-0.1, -0.05) is 20.8 Å². The zero-order chi connectivity index (χ0) is 12.8. The largest absolute Gasteiger partial charge is 0.385 e. The van der Waals surface area contributed by atoms with Crippen molar-refractivity contribution in [3.63, 3.8) is 0 Å². The molecule has 5 atom stereocenters. The summed E-state index contributed by atoms with van der Waals surface area (Å²) < 4.78 is 5.15. The molecule has 17 heavy (non-hydrogen) atoms. The van der Waals surface area contributed by atoms with Gasteiger partial charge < -0.3 is 4.74 Å². The van der Waals surface area contributed by atoms with Crippen molar-refractivity contribution in [2.24, 2.45) is 11.8 Å². The van der Waals surface area contributed by atoms with E-state index in [1.807, 2.05) is 0 Å². The molecule has 0 amide bonds. The smallest absolute Gasteiger partial charge is 0.0465 e. The van der Waals surface area contributed by atoms with Gasteiger partial charge in [-0.2, -0.15) is 23.5 Å². The summed E-state index contributed by atoms with van der Waals surface area (Å²) in [6, 6.07) is 0.387. The number of ether oxygens (including phenoxy) is 1. The van der Waals surface area contributed by atoms with Gasteiger partial charge in [0.05, 0.1) is 0 Å². The van der Waals surface area contributed by atoms with Crippen molar-refractivity contribution in [1.82, 2.24) is 5.43 Å². The Labute approximate surface area is 114 Å². The second-order valence-corrected chi connectivity index (χ2v) is 7.90. The van der Waals surface area contributed by atoms with E-state index < -0.39 is 0 Å². The van der Waals surface area contributed by atoms with Crippen molar-refractivity contribution in [3.8, 4) is 0 Å². The minimum atomic E-state index is 0.387. The molecular formula is C12H26N2OS2. The standard InChI is InChI=1S/C12H26N2OS2/c1-8(5-6-15-4)12(14-13)11-7-16-9(2)10(3)17-11/h8-12,14H,5-7,13H2,1-4H3. The molecule has 0 spiro atoms. The molecule has 0 saturated carbocycles. The van der Waals surface area contributed by atoms with Gasteiger partial charge in [-0.3, -0.25) is 11.3 Å². The first-order valence-electron chi connectivity index (χ1n) is 6.32. The van der Waals surface area contributed by atoms with Crippen LogP contribution < -0.4 is 11.3 Å². The van der Waals surface area contributed by atoms with Crippen LogP contribution in [0.3, 0.4) is 0 Å². The Kier molecular flexibility index (Phi) is 7.26. The highest BCUT2D eigenvalue weighted by Crippen LogP contribution is 2.38. The second-order valence-electron chi connectivity index (χ2n) is 4.87. The zero-order valence-corrected chi connectivity index (χ0v) is 12.9. The maximum atomic E-state index is 5.74. The lowest BCUT2D eigenvalue weighted by Crippen LogP contribution is -2.50. The molecule has 0 aromatic carbocycles. The third-order valence-corrected chi connectivity index (χ3v) is 7.07. The number of hydrogen-bond acceptors (Lipinski definition) is 5. The van der Waals surface area contributed by atoms with Gasteiger partial charge in [0.1, 0.15) is 0 Å². The topological polar surface area (TPSA) is 47.3 Å². The van der Waals surface area contributed by atoms with Gasteiger partial charge in [-0.15, -0.1) is 0 Å². The quantitative estimate of drug-likeness (QED) is 0.576. The molecule has 1 aliphatic rings. The number of thioether (sulfide) groups is 2. The third-order valence-electron chi connectivity index (χ3n) is 3.56. The molecule has 1 rings (SSSR count). The zero-order valence-electron chi connectivity index (χ0n) is 11.3. The SMILES string of the molecule is COCCC(C)C(NN)C1CSC(C)C(C)S1. The molecule has 1 saturated heterocycles. The van der Waals surface area contributed by atoms with E-state index >= 15 is 0 Å². The lowest BCUT2D eigenvalue weighted by molar-refractivity contribution is 0.170. The Morgan fingerprint density at radius 3 is 2.65 bits per heavy atom. The van der Waals surface area contributed by atoms with Crippen molar-refractivity contribution >= 4 is 23.5 Å². The summed E-state index contributed by atoms with van der Waals surface area (Å²) in [6.45, 7) is 7.72. The molecule has 1 heterocycles. The van der Waals surface area contributed by atoms with Crippen molar-refractivity contribution in [2.45, 2.75) is 49.0 Å². The molecule has 0 aromatic rings. The minimum Gasteiger partial charge on any atom is -0.385 e. The normalized spacial score (nSPS) is 33.4. The van der Waals surface area contributed by atoms with Gasteiger partial charge in [0.2, 0.25) is 0 Å². The molecular weight excluding hydrogens is 252 g/mol. The van der Waals surface area contributed by atoms with Crippen LogP contribution in [0.2, 0.25) is 0 Å². The highest BCUT2D eigenvalue weighted by molar-refractivity contribution is 8.07. The molecule has 3 nitrogen and oxygen atoms in total. The van der Waals surface area contributed by atoms with Crippen molar-refractivity contribution in [2.75, 3.05) is 19.5 Å². The molecule has 0 aliphatic carbocycles. The number of nitrogens with two attached hydrogens (primary N) is 1. The third kappa shape index (κ3) is 4.63. The predicted octanol–water partition coefficient (Wildman–Crippen LogP) is 2.12. The molecule has 5 heteroatoms. The lowest BCUT2D eigenvalue weighted by atomic mass is 9.97. The van der Waals surface area contributed by atoms with Crippen LogP contribution in [0.4, 0.5) is 0 Å². The van der Waals surface area contributed by atoms with E-state index in [0.29, 0.717) is 22.5 Å². The first-order valence-corrected chi connectivity index (χ1v) is 8.31. The lowest BCUT2D eigenvalue weighted by Gasteiger charge is -2.38. The van der Waals surface area contributed by atoms with Crippen LogP contribution in [0, 0.1) is 5.92 Å². The van der Waals surface area contributed by atoms with Gasteiger partial charge in [0.25, 0.3) is 0 Å². The van der Waals surface area contributed by atoms with Gasteiger partial charge in [-0.05, 0) is 12.3 Å². The molecule has 5 unspecified atom stereocenters. The fourth-order valence-electron chi connectivity index (χ4n) is 2.12. The van der Waals surface area contributed by atoms with E-state index in [4.69, 9.17) is 10.6 Å². The summed E-state index contributed by atoms with van der Waals surface area (Å²) in [5, 5.41) is 2.08. The van der Waals surface area contributed by atoms with Crippen molar-refractivity contribution < 1.29 is 4.74 Å². The average molecular weight is 278 g/mol. The molecule has 3 N–H and O–H groups in total. The fourth-order valence-corrected chi connectivity index (χ4v) is 5.36. The number of nitrogens with one attached hydrogen (secondary N) is 1. The van der Waals surface area contributed by atoms with E-state index in [2.05, 4.69) is 49.7 Å². The van der Waals surface area contributed by atoms with Gasteiger partial charge >= 0.3 is 0 Å². The van der Waals surface area contributed by atoms with E-state index in [9.17, 15) is 0 Å². The maximum Gasteiger partial charge on any atom is 0.0465 e. The molecule has 0 bridgehead atoms. The van der Waals surface area contributed by atoms with Crippen LogP contribution >= 0.6 is 23.5 Å². The first-order chi connectivity index (χ1) is 8.10. The van der Waals surface area contributed by atoms with Crippen molar-refractivity contribution in [1.29, 1.82) is 0 Å². The number of hydrogen-bond donors (Lipinski definition) is 2. The summed E-state index contributed by atoms with van der Waals surface area (Å²) in [4.78, 5) is 0. The van der Waals surface area contributed by atoms with Crippen LogP contribution in [0.5, 0.6) is 0 Å². The molecule has 1 aliphatic heterocycles. The Balaban J connectivity index is 2.49. The second kappa shape index (κ2) is 7.89. The van der Waals surface area contributed by atoms with E-state index in [1.54, 1.807) is 7.11 Å². The summed E-state index contributed by atoms with van der Waals surface area (Å²) in [5.41, 5.74) is 3.03. The summed E-state index contributed by atoms with van der Waals surface area (Å²) in [6.07, 6.45) is 1.07. The maximum absolute atomic E-state index is 5.74. The Morgan fingerprint density at radius 1 is 1.41 bits per heavy atom. The summed E-state index contributed by atoms with van der Waals surface area (Å²) in [7, 11) is 1.76. The highest BCUT2D eigenvalue weighted by Gasteiger charge is 2.33. The molecule has 1 fully saturated rings. The van der Waals surface area contributed by atoms with Crippen LogP contribution in [-0.2, 0) is 4.74 Å². The van der Waals surface area contributed by atoms with Crippen LogP contribution in [0.15, 0.2) is 0 Å². The summed E-state index contributed by atoms with van der Waals surface area (Å²) >= 11 is 4.16. The molecule has 0 radical (unpaired) electrons. The van der Waals surface area contributed by atoms with E-state index in [0.717, 1.165) is 18.3 Å².